The first-order chi connectivity index (χ1) is 16.1. The molecular formula is C25H27ClN2O6. The Balaban J connectivity index is 1.43. The van der Waals surface area contributed by atoms with E-state index in [9.17, 15) is 14.4 Å². The fraction of sp³-hybridized carbons (Fsp3) is 0.440. The van der Waals surface area contributed by atoms with Gasteiger partial charge in [0.05, 0.1) is 13.7 Å². The number of carbonyl (C=O) groups excluding carboxylic acids is 3. The van der Waals surface area contributed by atoms with Crippen LogP contribution in [0, 0.1) is 0 Å². The number of fused-ring (bicyclic) bond motifs is 1. The number of ketones is 2. The lowest BCUT2D eigenvalue weighted by molar-refractivity contribution is -0.132. The van der Waals surface area contributed by atoms with Gasteiger partial charge in [-0.1, -0.05) is 25.4 Å². The average molecular weight is 487 g/mol. The third kappa shape index (κ3) is 4.59. The second kappa shape index (κ2) is 9.25. The summed E-state index contributed by atoms with van der Waals surface area (Å²) in [4.78, 5) is 43.5. The van der Waals surface area contributed by atoms with E-state index in [0.29, 0.717) is 42.4 Å². The molecule has 9 heteroatoms. The Labute approximate surface area is 203 Å². The average Bonchev–Trinajstić information content (AvgIpc) is 3.30. The molecule has 1 aromatic carbocycles. The van der Waals surface area contributed by atoms with Crippen molar-refractivity contribution in [2.45, 2.75) is 44.6 Å². The van der Waals surface area contributed by atoms with Gasteiger partial charge < -0.3 is 19.1 Å². The Morgan fingerprint density at radius 3 is 2.62 bits per heavy atom. The lowest BCUT2D eigenvalue weighted by Gasteiger charge is -2.16. The van der Waals surface area contributed by atoms with Gasteiger partial charge in [-0.2, -0.15) is 0 Å². The minimum absolute atomic E-state index is 0.00434. The number of likely N-dealkylation sites (tertiary alicyclic amines) is 1. The molecule has 0 spiro atoms. The van der Waals surface area contributed by atoms with Gasteiger partial charge in [0.15, 0.2) is 40.1 Å². The summed E-state index contributed by atoms with van der Waals surface area (Å²) < 4.78 is 16.8. The Morgan fingerprint density at radius 2 is 1.94 bits per heavy atom. The highest BCUT2D eigenvalue weighted by Crippen LogP contribution is 2.42. The third-order valence-corrected chi connectivity index (χ3v) is 6.49. The normalized spacial score (nSPS) is 18.4. The van der Waals surface area contributed by atoms with Gasteiger partial charge in [-0.3, -0.25) is 14.4 Å². The van der Waals surface area contributed by atoms with E-state index in [4.69, 9.17) is 25.8 Å². The van der Waals surface area contributed by atoms with Crippen LogP contribution in [-0.4, -0.2) is 60.8 Å². The van der Waals surface area contributed by atoms with Crippen molar-refractivity contribution in [2.24, 2.45) is 0 Å². The molecule has 1 unspecified atom stereocenters. The van der Waals surface area contributed by atoms with E-state index in [0.717, 1.165) is 5.56 Å². The maximum atomic E-state index is 12.8. The molecule has 2 aliphatic rings. The van der Waals surface area contributed by atoms with Crippen molar-refractivity contribution >= 4 is 29.1 Å². The molecule has 4 rings (SSSR count). The lowest BCUT2D eigenvalue weighted by atomic mass is 9.87. The molecule has 8 nitrogen and oxygen atoms in total. The largest absolute Gasteiger partial charge is 0.493 e. The number of likely N-dealkylation sites (N-methyl/N-ethyl adjacent to an activating group) is 1. The van der Waals surface area contributed by atoms with Gasteiger partial charge in [0.2, 0.25) is 0 Å². The van der Waals surface area contributed by atoms with E-state index >= 15 is 0 Å². The smallest absolute Gasteiger partial charge is 0.263 e. The number of methoxy groups -OCH3 is 1. The Bertz CT molecular complexity index is 1160. The van der Waals surface area contributed by atoms with E-state index in [-0.39, 0.29) is 46.6 Å². The molecule has 1 amide bonds. The van der Waals surface area contributed by atoms with Crippen molar-refractivity contribution in [3.63, 3.8) is 0 Å². The molecule has 180 valence electrons. The molecule has 2 aromatic rings. The number of amides is 1. The second-order valence-electron chi connectivity index (χ2n) is 9.21. The van der Waals surface area contributed by atoms with Crippen LogP contribution in [0.1, 0.15) is 59.5 Å². The minimum atomic E-state index is -0.569. The monoisotopic (exact) mass is 486 g/mol. The summed E-state index contributed by atoms with van der Waals surface area (Å²) in [5.74, 6) is 0.692. The SMILES string of the molecule is COc1cc(C(=O)CCC(=O)c2cc3c(c(Cl)n2)OCC3(C)C)ccc1OC1CCN(C)C1=O. The Morgan fingerprint density at radius 1 is 1.21 bits per heavy atom. The number of hydrogen-bond acceptors (Lipinski definition) is 7. The first kappa shape index (κ1) is 24.0. The zero-order chi connectivity index (χ0) is 24.6. The van der Waals surface area contributed by atoms with Crippen molar-refractivity contribution in [3.05, 3.63) is 46.2 Å². The summed E-state index contributed by atoms with van der Waals surface area (Å²) in [6.07, 6.45) is 0.0154. The van der Waals surface area contributed by atoms with Crippen LogP contribution in [0.5, 0.6) is 17.2 Å². The number of hydrogen-bond donors (Lipinski definition) is 0. The summed E-state index contributed by atoms with van der Waals surface area (Å²) in [5.41, 5.74) is 1.18. The van der Waals surface area contributed by atoms with Gasteiger partial charge in [0.25, 0.3) is 5.91 Å². The van der Waals surface area contributed by atoms with E-state index in [1.807, 2.05) is 13.8 Å². The zero-order valence-electron chi connectivity index (χ0n) is 19.6. The van der Waals surface area contributed by atoms with Crippen LogP contribution in [-0.2, 0) is 10.2 Å². The minimum Gasteiger partial charge on any atom is -0.493 e. The van der Waals surface area contributed by atoms with Gasteiger partial charge in [-0.25, -0.2) is 4.98 Å². The van der Waals surface area contributed by atoms with E-state index in [1.165, 1.54) is 7.11 Å². The number of aromatic nitrogens is 1. The van der Waals surface area contributed by atoms with Crippen LogP contribution >= 0.6 is 11.6 Å². The number of carbonyl (C=O) groups is 3. The van der Waals surface area contributed by atoms with Gasteiger partial charge in [-0.15, -0.1) is 0 Å². The van der Waals surface area contributed by atoms with Crippen molar-refractivity contribution in [1.82, 2.24) is 9.88 Å². The summed E-state index contributed by atoms with van der Waals surface area (Å²) in [6, 6.07) is 6.50. The van der Waals surface area contributed by atoms with E-state index < -0.39 is 6.10 Å². The molecule has 34 heavy (non-hydrogen) atoms. The number of pyridine rings is 1. The fourth-order valence-corrected chi connectivity index (χ4v) is 4.35. The van der Waals surface area contributed by atoms with Gasteiger partial charge in [0.1, 0.15) is 5.69 Å². The van der Waals surface area contributed by atoms with Crippen LogP contribution in [0.4, 0.5) is 0 Å². The molecule has 1 atom stereocenters. The number of Topliss-reactive ketones (excluding diaryl/α,β-unsaturated/α-hetero) is 2. The highest BCUT2D eigenvalue weighted by Gasteiger charge is 2.35. The topological polar surface area (TPSA) is 95.0 Å². The molecule has 0 bridgehead atoms. The summed E-state index contributed by atoms with van der Waals surface area (Å²) in [7, 11) is 3.20. The third-order valence-electron chi connectivity index (χ3n) is 6.24. The molecule has 2 aliphatic heterocycles. The highest BCUT2D eigenvalue weighted by molar-refractivity contribution is 6.31. The van der Waals surface area contributed by atoms with Crippen molar-refractivity contribution in [3.8, 4) is 17.2 Å². The Kier molecular flexibility index (Phi) is 6.53. The van der Waals surface area contributed by atoms with Crippen molar-refractivity contribution in [2.75, 3.05) is 27.3 Å². The number of nitrogens with zero attached hydrogens (tertiary/aromatic N) is 2. The standard InChI is InChI=1S/C25H27ClN2O6/c1-25(2)13-33-22-15(25)12-16(27-23(22)26)18(30)7-6-17(29)14-5-8-19(21(11-14)32-4)34-20-9-10-28(3)24(20)31/h5,8,11-12,20H,6-7,9-10,13H2,1-4H3. The molecule has 0 saturated carbocycles. The number of benzene rings is 1. The first-order valence-corrected chi connectivity index (χ1v) is 11.5. The highest BCUT2D eigenvalue weighted by atomic mass is 35.5. The lowest BCUT2D eigenvalue weighted by Crippen LogP contribution is -2.29. The van der Waals surface area contributed by atoms with Crippen LogP contribution < -0.4 is 14.2 Å². The molecule has 1 fully saturated rings. The van der Waals surface area contributed by atoms with Gasteiger partial charge in [0, 0.05) is 49.4 Å². The molecule has 0 radical (unpaired) electrons. The van der Waals surface area contributed by atoms with Crippen LogP contribution in [0.15, 0.2) is 24.3 Å². The molecule has 0 aliphatic carbocycles. The maximum Gasteiger partial charge on any atom is 0.263 e. The summed E-state index contributed by atoms with van der Waals surface area (Å²) in [6.45, 7) is 5.11. The molecule has 0 N–H and O–H groups in total. The summed E-state index contributed by atoms with van der Waals surface area (Å²) >= 11 is 6.23. The number of rotatable bonds is 8. The van der Waals surface area contributed by atoms with Crippen LogP contribution in [0.25, 0.3) is 0 Å². The predicted molar refractivity (Wildman–Crippen MR) is 125 cm³/mol. The molecular weight excluding hydrogens is 460 g/mol. The quantitative estimate of drug-likeness (QED) is 0.413. The van der Waals surface area contributed by atoms with Crippen LogP contribution in [0.2, 0.25) is 5.15 Å². The molecule has 3 heterocycles. The Hall–Kier alpha value is -3.13. The van der Waals surface area contributed by atoms with Crippen molar-refractivity contribution in [1.29, 1.82) is 0 Å². The maximum absolute atomic E-state index is 12.8. The van der Waals surface area contributed by atoms with E-state index in [2.05, 4.69) is 4.98 Å². The second-order valence-corrected chi connectivity index (χ2v) is 9.57. The van der Waals surface area contributed by atoms with Crippen molar-refractivity contribution < 1.29 is 28.6 Å². The van der Waals surface area contributed by atoms with Gasteiger partial charge in [-0.05, 0) is 24.3 Å². The summed E-state index contributed by atoms with van der Waals surface area (Å²) in [5, 5.41) is 0.157. The zero-order valence-corrected chi connectivity index (χ0v) is 20.4. The van der Waals surface area contributed by atoms with E-state index in [1.54, 1.807) is 36.2 Å². The van der Waals surface area contributed by atoms with Gasteiger partial charge >= 0.3 is 0 Å². The molecule has 1 saturated heterocycles. The first-order valence-electron chi connectivity index (χ1n) is 11.1. The fourth-order valence-electron chi connectivity index (χ4n) is 4.11. The number of ether oxygens (including phenoxy) is 3. The molecule has 1 aromatic heterocycles. The predicted octanol–water partition coefficient (Wildman–Crippen LogP) is 3.87. The number of halogens is 1. The van der Waals surface area contributed by atoms with Crippen LogP contribution in [0.3, 0.4) is 0 Å².